The van der Waals surface area contributed by atoms with Crippen molar-refractivity contribution in [2.24, 2.45) is 0 Å². The molecule has 1 saturated carbocycles. The summed E-state index contributed by atoms with van der Waals surface area (Å²) in [6.07, 6.45) is 2.75. The Morgan fingerprint density at radius 3 is 2.50 bits per heavy atom. The highest BCUT2D eigenvalue weighted by molar-refractivity contribution is 5.89. The third kappa shape index (κ3) is 2.09. The summed E-state index contributed by atoms with van der Waals surface area (Å²) >= 11 is 0. The van der Waals surface area contributed by atoms with Crippen LogP contribution >= 0.6 is 0 Å². The number of aliphatic hydroxyl groups excluding tert-OH is 1. The van der Waals surface area contributed by atoms with Crippen LogP contribution in [-0.2, 0) is 4.74 Å². The number of esters is 1. The summed E-state index contributed by atoms with van der Waals surface area (Å²) in [5.74, 6) is -0.0924. The van der Waals surface area contributed by atoms with Crippen LogP contribution in [0.25, 0.3) is 0 Å². The van der Waals surface area contributed by atoms with Gasteiger partial charge in [-0.05, 0) is 30.5 Å². The van der Waals surface area contributed by atoms with Gasteiger partial charge in [0, 0.05) is 5.92 Å². The third-order valence-corrected chi connectivity index (χ3v) is 3.24. The normalized spacial score (nSPS) is 24.4. The Morgan fingerprint density at radius 1 is 1.31 bits per heavy atom. The lowest BCUT2D eigenvalue weighted by Gasteiger charge is -2.14. The zero-order chi connectivity index (χ0) is 11.5. The van der Waals surface area contributed by atoms with Gasteiger partial charge in [0.05, 0.1) is 18.8 Å². The Balaban J connectivity index is 2.16. The van der Waals surface area contributed by atoms with E-state index in [9.17, 15) is 9.90 Å². The van der Waals surface area contributed by atoms with Crippen LogP contribution in [0.2, 0.25) is 0 Å². The van der Waals surface area contributed by atoms with Crippen molar-refractivity contribution in [1.82, 2.24) is 0 Å². The summed E-state index contributed by atoms with van der Waals surface area (Å²) in [5, 5.41) is 9.78. The van der Waals surface area contributed by atoms with Crippen molar-refractivity contribution in [1.29, 1.82) is 0 Å². The third-order valence-electron chi connectivity index (χ3n) is 3.24. The maximum Gasteiger partial charge on any atom is 0.337 e. The molecule has 0 saturated heterocycles. The molecule has 3 heteroatoms. The molecule has 0 bridgehead atoms. The van der Waals surface area contributed by atoms with Crippen molar-refractivity contribution in [3.63, 3.8) is 0 Å². The fourth-order valence-corrected chi connectivity index (χ4v) is 2.31. The average Bonchev–Trinajstić information content (AvgIpc) is 2.75. The summed E-state index contributed by atoms with van der Waals surface area (Å²) in [6, 6.07) is 7.33. The van der Waals surface area contributed by atoms with Gasteiger partial charge >= 0.3 is 5.97 Å². The predicted octanol–water partition coefficient (Wildman–Crippen LogP) is 2.10. The maximum absolute atomic E-state index is 11.2. The minimum Gasteiger partial charge on any atom is -0.465 e. The van der Waals surface area contributed by atoms with Crippen LogP contribution in [0.3, 0.4) is 0 Å². The quantitative estimate of drug-likeness (QED) is 0.776. The topological polar surface area (TPSA) is 46.5 Å². The Kier molecular flexibility index (Phi) is 3.25. The number of carbonyl (C=O) groups excluding carboxylic acids is 1. The van der Waals surface area contributed by atoms with Gasteiger partial charge in [0.25, 0.3) is 0 Å². The number of hydrogen-bond acceptors (Lipinski definition) is 3. The first-order valence-corrected chi connectivity index (χ1v) is 5.58. The lowest BCUT2D eigenvalue weighted by Crippen LogP contribution is -2.11. The van der Waals surface area contributed by atoms with E-state index in [0.29, 0.717) is 5.56 Å². The van der Waals surface area contributed by atoms with Gasteiger partial charge in [-0.2, -0.15) is 0 Å². The van der Waals surface area contributed by atoms with Gasteiger partial charge in [0.2, 0.25) is 0 Å². The minimum atomic E-state index is -0.321. The van der Waals surface area contributed by atoms with Crippen LogP contribution in [0.1, 0.15) is 41.1 Å². The number of methoxy groups -OCH3 is 1. The fraction of sp³-hybridized carbons (Fsp3) is 0.462. The van der Waals surface area contributed by atoms with E-state index in [4.69, 9.17) is 0 Å². The molecular formula is C13H16O3. The molecule has 0 aliphatic heterocycles. The number of benzene rings is 1. The lowest BCUT2D eigenvalue weighted by molar-refractivity contribution is 0.0600. The molecule has 1 aliphatic carbocycles. The second-order valence-corrected chi connectivity index (χ2v) is 4.22. The second kappa shape index (κ2) is 4.66. The Morgan fingerprint density at radius 2 is 2.00 bits per heavy atom. The molecule has 0 radical (unpaired) electrons. The Labute approximate surface area is 95.0 Å². The molecule has 16 heavy (non-hydrogen) atoms. The molecule has 0 aromatic heterocycles. The van der Waals surface area contributed by atoms with Crippen molar-refractivity contribution in [2.45, 2.75) is 31.3 Å². The second-order valence-electron chi connectivity index (χ2n) is 4.22. The van der Waals surface area contributed by atoms with Crippen molar-refractivity contribution in [3.05, 3.63) is 35.4 Å². The number of hydrogen-bond donors (Lipinski definition) is 1. The first-order valence-electron chi connectivity index (χ1n) is 5.58. The van der Waals surface area contributed by atoms with Gasteiger partial charge in [0.1, 0.15) is 0 Å². The zero-order valence-corrected chi connectivity index (χ0v) is 9.35. The van der Waals surface area contributed by atoms with Crippen molar-refractivity contribution >= 4 is 5.97 Å². The molecular weight excluding hydrogens is 204 g/mol. The largest absolute Gasteiger partial charge is 0.465 e. The van der Waals surface area contributed by atoms with Crippen LogP contribution in [0.4, 0.5) is 0 Å². The van der Waals surface area contributed by atoms with E-state index in [1.54, 1.807) is 12.1 Å². The Hall–Kier alpha value is -1.35. The van der Waals surface area contributed by atoms with Gasteiger partial charge in [-0.1, -0.05) is 18.6 Å². The lowest BCUT2D eigenvalue weighted by atomic mass is 9.95. The molecule has 0 amide bonds. The summed E-state index contributed by atoms with van der Waals surface area (Å²) < 4.78 is 4.63. The number of rotatable bonds is 2. The van der Waals surface area contributed by atoms with E-state index < -0.39 is 0 Å². The predicted molar refractivity (Wildman–Crippen MR) is 60.4 cm³/mol. The van der Waals surface area contributed by atoms with E-state index in [1.165, 1.54) is 7.11 Å². The molecule has 86 valence electrons. The summed E-state index contributed by atoms with van der Waals surface area (Å²) in [5.41, 5.74) is 1.66. The molecule has 1 aromatic rings. The molecule has 3 nitrogen and oxygen atoms in total. The standard InChI is InChI=1S/C13H16O3/c1-16-13(15)10-7-5-9(6-8-10)11-3-2-4-12(11)14/h5-8,11-12,14H,2-4H2,1H3/t11-,12+/m1/s1. The molecule has 2 rings (SSSR count). The van der Waals surface area contributed by atoms with Crippen LogP contribution in [0.5, 0.6) is 0 Å². The first-order chi connectivity index (χ1) is 7.72. The fourth-order valence-electron chi connectivity index (χ4n) is 2.31. The summed E-state index contributed by atoms with van der Waals surface area (Å²) in [4.78, 5) is 11.2. The molecule has 0 unspecified atom stereocenters. The van der Waals surface area contributed by atoms with Gasteiger partial charge in [0.15, 0.2) is 0 Å². The molecule has 1 aromatic carbocycles. The molecule has 1 N–H and O–H groups in total. The monoisotopic (exact) mass is 220 g/mol. The van der Waals surface area contributed by atoms with Crippen molar-refractivity contribution < 1.29 is 14.6 Å². The summed E-state index contributed by atoms with van der Waals surface area (Å²) in [6.45, 7) is 0. The van der Waals surface area contributed by atoms with Gasteiger partial charge in [-0.15, -0.1) is 0 Å². The number of ether oxygens (including phenoxy) is 1. The van der Waals surface area contributed by atoms with E-state index >= 15 is 0 Å². The van der Waals surface area contributed by atoms with Gasteiger partial charge < -0.3 is 9.84 Å². The smallest absolute Gasteiger partial charge is 0.337 e. The first kappa shape index (κ1) is 11.1. The van der Waals surface area contributed by atoms with E-state index in [2.05, 4.69) is 4.74 Å². The Bertz CT molecular complexity index is 369. The minimum absolute atomic E-state index is 0.228. The molecule has 0 heterocycles. The van der Waals surface area contributed by atoms with Crippen LogP contribution < -0.4 is 0 Å². The number of carbonyl (C=O) groups is 1. The van der Waals surface area contributed by atoms with E-state index in [1.807, 2.05) is 12.1 Å². The SMILES string of the molecule is COC(=O)c1ccc([C@H]2CCC[C@@H]2O)cc1. The van der Waals surface area contributed by atoms with Crippen LogP contribution in [0, 0.1) is 0 Å². The summed E-state index contributed by atoms with van der Waals surface area (Å²) in [7, 11) is 1.37. The molecule has 1 fully saturated rings. The molecule has 2 atom stereocenters. The molecule has 1 aliphatic rings. The van der Waals surface area contributed by atoms with Crippen LogP contribution in [0.15, 0.2) is 24.3 Å². The zero-order valence-electron chi connectivity index (χ0n) is 9.35. The maximum atomic E-state index is 11.2. The average molecular weight is 220 g/mol. The number of aliphatic hydroxyl groups is 1. The highest BCUT2D eigenvalue weighted by Gasteiger charge is 2.26. The van der Waals surface area contributed by atoms with Gasteiger partial charge in [-0.25, -0.2) is 4.79 Å². The molecule has 0 spiro atoms. The van der Waals surface area contributed by atoms with Crippen LogP contribution in [-0.4, -0.2) is 24.3 Å². The van der Waals surface area contributed by atoms with Crippen molar-refractivity contribution in [2.75, 3.05) is 7.11 Å². The van der Waals surface area contributed by atoms with Crippen molar-refractivity contribution in [3.8, 4) is 0 Å². The highest BCUT2D eigenvalue weighted by atomic mass is 16.5. The van der Waals surface area contributed by atoms with E-state index in [0.717, 1.165) is 24.8 Å². The van der Waals surface area contributed by atoms with E-state index in [-0.39, 0.29) is 18.0 Å². The highest BCUT2D eigenvalue weighted by Crippen LogP contribution is 2.34. The van der Waals surface area contributed by atoms with Gasteiger partial charge in [-0.3, -0.25) is 0 Å².